The third kappa shape index (κ3) is 3.90. The molecule has 0 atom stereocenters. The third-order valence-electron chi connectivity index (χ3n) is 4.50. The van der Waals surface area contributed by atoms with Crippen molar-refractivity contribution in [2.75, 3.05) is 6.54 Å². The van der Waals surface area contributed by atoms with Crippen LogP contribution in [0, 0.1) is 6.92 Å². The van der Waals surface area contributed by atoms with Crippen LogP contribution in [0.3, 0.4) is 0 Å². The molecule has 0 aliphatic carbocycles. The Balaban J connectivity index is 1.34. The van der Waals surface area contributed by atoms with E-state index in [4.69, 9.17) is 0 Å². The van der Waals surface area contributed by atoms with Gasteiger partial charge in [-0.05, 0) is 30.7 Å². The maximum absolute atomic E-state index is 12.3. The van der Waals surface area contributed by atoms with Crippen LogP contribution in [0.4, 0.5) is 0 Å². The fraction of sp³-hybridized carbons (Fsp3) is 0.190. The van der Waals surface area contributed by atoms with Crippen LogP contribution in [-0.2, 0) is 17.6 Å². The van der Waals surface area contributed by atoms with Gasteiger partial charge in [0, 0.05) is 52.9 Å². The van der Waals surface area contributed by atoms with Gasteiger partial charge in [-0.1, -0.05) is 18.2 Å². The molecule has 0 bridgehead atoms. The van der Waals surface area contributed by atoms with Crippen molar-refractivity contribution in [3.05, 3.63) is 71.1 Å². The molecule has 0 saturated heterocycles. The van der Waals surface area contributed by atoms with Gasteiger partial charge < -0.3 is 10.3 Å². The minimum absolute atomic E-state index is 0.0365. The number of H-pyrrole nitrogens is 1. The summed E-state index contributed by atoms with van der Waals surface area (Å²) in [5, 5.41) is 5.10. The molecule has 0 aliphatic heterocycles. The lowest BCUT2D eigenvalue weighted by molar-refractivity contribution is -0.120. The predicted octanol–water partition coefficient (Wildman–Crippen LogP) is 3.90. The summed E-state index contributed by atoms with van der Waals surface area (Å²) in [7, 11) is 0. The largest absolute Gasteiger partial charge is 0.361 e. The minimum Gasteiger partial charge on any atom is -0.361 e. The molecule has 3 aromatic heterocycles. The van der Waals surface area contributed by atoms with E-state index in [-0.39, 0.29) is 5.91 Å². The van der Waals surface area contributed by atoms with Gasteiger partial charge in [-0.2, -0.15) is 0 Å². The molecule has 6 heteroatoms. The minimum atomic E-state index is 0.0365. The van der Waals surface area contributed by atoms with Gasteiger partial charge in [0.1, 0.15) is 5.01 Å². The standard InChI is InChI=1S/C21H20N4OS/c1-14-19(27-21(25-14)15-5-4-9-22-12-15)8-10-23-20(26)11-16-13-24-18-7-3-2-6-17(16)18/h2-7,9,12-13,24H,8,10-11H2,1H3,(H,23,26). The van der Waals surface area contributed by atoms with E-state index >= 15 is 0 Å². The van der Waals surface area contributed by atoms with Crippen LogP contribution in [0.1, 0.15) is 16.1 Å². The summed E-state index contributed by atoms with van der Waals surface area (Å²) in [4.78, 5) is 25.5. The van der Waals surface area contributed by atoms with Crippen LogP contribution in [0.5, 0.6) is 0 Å². The second kappa shape index (κ2) is 7.72. The average molecular weight is 376 g/mol. The number of rotatable bonds is 6. The van der Waals surface area contributed by atoms with Crippen LogP contribution in [0.2, 0.25) is 0 Å². The van der Waals surface area contributed by atoms with E-state index in [1.165, 1.54) is 4.88 Å². The highest BCUT2D eigenvalue weighted by Gasteiger charge is 2.11. The summed E-state index contributed by atoms with van der Waals surface area (Å²) >= 11 is 1.66. The van der Waals surface area contributed by atoms with Crippen LogP contribution >= 0.6 is 11.3 Å². The van der Waals surface area contributed by atoms with Crippen molar-refractivity contribution in [3.63, 3.8) is 0 Å². The lowest BCUT2D eigenvalue weighted by atomic mass is 10.1. The molecule has 0 fully saturated rings. The zero-order chi connectivity index (χ0) is 18.6. The van der Waals surface area contributed by atoms with E-state index in [0.29, 0.717) is 13.0 Å². The van der Waals surface area contributed by atoms with Crippen molar-refractivity contribution in [1.29, 1.82) is 0 Å². The van der Waals surface area contributed by atoms with E-state index in [2.05, 4.69) is 20.3 Å². The molecule has 4 aromatic rings. The molecular weight excluding hydrogens is 356 g/mol. The quantitative estimate of drug-likeness (QED) is 0.536. The van der Waals surface area contributed by atoms with Gasteiger partial charge in [0.15, 0.2) is 0 Å². The number of nitrogens with zero attached hydrogens (tertiary/aromatic N) is 2. The second-order valence-electron chi connectivity index (χ2n) is 6.41. The van der Waals surface area contributed by atoms with E-state index in [1.807, 2.05) is 55.7 Å². The fourth-order valence-electron chi connectivity index (χ4n) is 3.10. The summed E-state index contributed by atoms with van der Waals surface area (Å²) in [6, 6.07) is 12.0. The summed E-state index contributed by atoms with van der Waals surface area (Å²) < 4.78 is 0. The van der Waals surface area contributed by atoms with Crippen molar-refractivity contribution in [2.24, 2.45) is 0 Å². The number of benzene rings is 1. The number of carbonyl (C=O) groups is 1. The third-order valence-corrected chi connectivity index (χ3v) is 5.77. The highest BCUT2D eigenvalue weighted by molar-refractivity contribution is 7.15. The maximum atomic E-state index is 12.3. The Hall–Kier alpha value is -2.99. The lowest BCUT2D eigenvalue weighted by Gasteiger charge is -2.04. The summed E-state index contributed by atoms with van der Waals surface area (Å²) in [5.41, 5.74) is 4.13. The van der Waals surface area contributed by atoms with Gasteiger partial charge >= 0.3 is 0 Å². The Labute approximate surface area is 161 Å². The highest BCUT2D eigenvalue weighted by atomic mass is 32.1. The zero-order valence-electron chi connectivity index (χ0n) is 15.0. The molecule has 1 amide bonds. The summed E-state index contributed by atoms with van der Waals surface area (Å²) in [6.45, 7) is 2.62. The molecule has 0 saturated carbocycles. The smallest absolute Gasteiger partial charge is 0.224 e. The van der Waals surface area contributed by atoms with Gasteiger partial charge in [0.25, 0.3) is 0 Å². The number of aryl methyl sites for hydroxylation is 1. The normalized spacial score (nSPS) is 11.0. The van der Waals surface area contributed by atoms with Crippen LogP contribution in [0.15, 0.2) is 55.0 Å². The molecule has 0 aliphatic rings. The van der Waals surface area contributed by atoms with Crippen LogP contribution in [0.25, 0.3) is 21.5 Å². The number of pyridine rings is 1. The van der Waals surface area contributed by atoms with Crippen molar-refractivity contribution >= 4 is 28.1 Å². The van der Waals surface area contributed by atoms with Crippen LogP contribution < -0.4 is 5.32 Å². The van der Waals surface area contributed by atoms with E-state index in [9.17, 15) is 4.79 Å². The van der Waals surface area contributed by atoms with Crippen LogP contribution in [-0.4, -0.2) is 27.4 Å². The van der Waals surface area contributed by atoms with Gasteiger partial charge in [-0.15, -0.1) is 11.3 Å². The lowest BCUT2D eigenvalue weighted by Crippen LogP contribution is -2.27. The molecule has 136 valence electrons. The second-order valence-corrected chi connectivity index (χ2v) is 7.49. The van der Waals surface area contributed by atoms with Crippen molar-refractivity contribution in [1.82, 2.24) is 20.3 Å². The molecule has 0 radical (unpaired) electrons. The van der Waals surface area contributed by atoms with Gasteiger partial charge in [0.2, 0.25) is 5.91 Å². The highest BCUT2D eigenvalue weighted by Crippen LogP contribution is 2.27. The number of para-hydroxylation sites is 1. The fourth-order valence-corrected chi connectivity index (χ4v) is 4.15. The predicted molar refractivity (Wildman–Crippen MR) is 109 cm³/mol. The average Bonchev–Trinajstić information content (AvgIpc) is 3.27. The zero-order valence-corrected chi connectivity index (χ0v) is 15.8. The molecule has 0 spiro atoms. The summed E-state index contributed by atoms with van der Waals surface area (Å²) in [6.07, 6.45) is 6.66. The topological polar surface area (TPSA) is 70.7 Å². The van der Waals surface area contributed by atoms with E-state index in [1.54, 1.807) is 17.5 Å². The number of nitrogens with one attached hydrogen (secondary N) is 2. The molecule has 2 N–H and O–H groups in total. The molecule has 0 unspecified atom stereocenters. The van der Waals surface area contributed by atoms with Gasteiger partial charge in [-0.3, -0.25) is 9.78 Å². The number of hydrogen-bond donors (Lipinski definition) is 2. The number of aromatic amines is 1. The van der Waals surface area contributed by atoms with Crippen molar-refractivity contribution in [2.45, 2.75) is 19.8 Å². The summed E-state index contributed by atoms with van der Waals surface area (Å²) in [5.74, 6) is 0.0365. The number of thiazole rings is 1. The molecule has 3 heterocycles. The molecular formula is C21H20N4OS. The molecule has 27 heavy (non-hydrogen) atoms. The molecule has 4 rings (SSSR count). The van der Waals surface area contributed by atoms with E-state index < -0.39 is 0 Å². The van der Waals surface area contributed by atoms with E-state index in [0.717, 1.165) is 39.2 Å². The number of aromatic nitrogens is 3. The van der Waals surface area contributed by atoms with Crippen molar-refractivity contribution in [3.8, 4) is 10.6 Å². The first-order valence-electron chi connectivity index (χ1n) is 8.89. The Bertz CT molecular complexity index is 1070. The van der Waals surface area contributed by atoms with Crippen molar-refractivity contribution < 1.29 is 4.79 Å². The Kier molecular flexibility index (Phi) is 4.98. The number of carbonyl (C=O) groups excluding carboxylic acids is 1. The Morgan fingerprint density at radius 2 is 2.11 bits per heavy atom. The monoisotopic (exact) mass is 376 g/mol. The number of hydrogen-bond acceptors (Lipinski definition) is 4. The number of amides is 1. The Morgan fingerprint density at radius 3 is 2.96 bits per heavy atom. The first-order valence-corrected chi connectivity index (χ1v) is 9.71. The first-order chi connectivity index (χ1) is 13.2. The molecule has 1 aromatic carbocycles. The Morgan fingerprint density at radius 1 is 1.22 bits per heavy atom. The SMILES string of the molecule is Cc1nc(-c2cccnc2)sc1CCNC(=O)Cc1c[nH]c2ccccc12. The first kappa shape index (κ1) is 17.4. The molecule has 5 nitrogen and oxygen atoms in total. The van der Waals surface area contributed by atoms with Gasteiger partial charge in [0.05, 0.1) is 12.1 Å². The maximum Gasteiger partial charge on any atom is 0.224 e. The number of fused-ring (bicyclic) bond motifs is 1. The van der Waals surface area contributed by atoms with Gasteiger partial charge in [-0.25, -0.2) is 4.98 Å².